The van der Waals surface area contributed by atoms with Crippen LogP contribution in [0.4, 0.5) is 4.39 Å². The molecule has 0 bridgehead atoms. The average Bonchev–Trinajstić information content (AvgIpc) is 3.29. The van der Waals surface area contributed by atoms with Crippen molar-refractivity contribution in [2.24, 2.45) is 5.92 Å². The van der Waals surface area contributed by atoms with E-state index < -0.39 is 11.9 Å². The first-order valence-electron chi connectivity index (χ1n) is 12.5. The van der Waals surface area contributed by atoms with Crippen LogP contribution in [0.1, 0.15) is 50.0 Å². The minimum absolute atomic E-state index is 0.121. The van der Waals surface area contributed by atoms with Gasteiger partial charge in [-0.15, -0.1) is 0 Å². The molecular formula is C30H32FNO4. The maximum absolute atomic E-state index is 14.3. The molecule has 0 radical (unpaired) electrons. The number of likely N-dealkylation sites (tertiary alicyclic amines) is 1. The van der Waals surface area contributed by atoms with Crippen LogP contribution in [0.25, 0.3) is 11.1 Å². The summed E-state index contributed by atoms with van der Waals surface area (Å²) in [7, 11) is 0. The highest BCUT2D eigenvalue weighted by Crippen LogP contribution is 2.48. The zero-order valence-electron chi connectivity index (χ0n) is 20.9. The molecule has 36 heavy (non-hydrogen) atoms. The smallest absolute Gasteiger partial charge is 0.150 e. The Labute approximate surface area is 211 Å². The molecule has 1 saturated heterocycles. The van der Waals surface area contributed by atoms with Gasteiger partial charge < -0.3 is 19.7 Å². The summed E-state index contributed by atoms with van der Waals surface area (Å²) >= 11 is 0. The Morgan fingerprint density at radius 1 is 1.06 bits per heavy atom. The van der Waals surface area contributed by atoms with Gasteiger partial charge in [0.15, 0.2) is 0 Å². The van der Waals surface area contributed by atoms with Gasteiger partial charge >= 0.3 is 0 Å². The number of halogens is 1. The number of fused-ring (bicyclic) bond motifs is 1. The second kappa shape index (κ2) is 9.86. The molecule has 2 N–H and O–H groups in total. The molecule has 0 aromatic heterocycles. The molecule has 2 heterocycles. The molecule has 6 heteroatoms. The maximum atomic E-state index is 14.3. The fourth-order valence-electron chi connectivity index (χ4n) is 5.20. The second-order valence-electron chi connectivity index (χ2n) is 10.0. The van der Waals surface area contributed by atoms with Crippen LogP contribution in [-0.2, 0) is 0 Å². The number of rotatable bonds is 6. The lowest BCUT2D eigenvalue weighted by molar-refractivity contribution is 0.169. The van der Waals surface area contributed by atoms with Crippen molar-refractivity contribution in [1.29, 1.82) is 0 Å². The zero-order valence-corrected chi connectivity index (χ0v) is 20.9. The van der Waals surface area contributed by atoms with Gasteiger partial charge in [-0.2, -0.15) is 0 Å². The molecule has 5 rings (SSSR count). The molecular weight excluding hydrogens is 457 g/mol. The normalized spacial score (nSPS) is 20.7. The van der Waals surface area contributed by atoms with Gasteiger partial charge in [0.1, 0.15) is 41.5 Å². The van der Waals surface area contributed by atoms with Gasteiger partial charge in [-0.3, -0.25) is 4.90 Å². The largest absolute Gasteiger partial charge is 0.508 e. The topological polar surface area (TPSA) is 62.2 Å². The van der Waals surface area contributed by atoms with Gasteiger partial charge in [0.25, 0.3) is 0 Å². The maximum Gasteiger partial charge on any atom is 0.150 e. The standard InChI is InChI=1S/C30H32FNO4/c1-18-10-11-32(16-18)19(2)17-35-26-7-4-21(5-8-26)30-29(22-12-23(31)14-25(34)13-22)20(3)27-15-24(33)6-9-28(27)36-30/h4-9,12-15,18-19,30,33-34H,10-11,16-17H2,1-3H3/t18-,19+,30?/m1/s1. The SMILES string of the molecule is CC1=C(c2cc(O)cc(F)c2)C(c2ccc(OC[C@H](C)N3CC[C@@H](C)C3)cc2)Oc2ccc(O)cc21. The van der Waals surface area contributed by atoms with E-state index in [1.165, 1.54) is 18.6 Å². The average molecular weight is 490 g/mol. The van der Waals surface area contributed by atoms with Crippen molar-refractivity contribution >= 4 is 11.1 Å². The molecule has 3 aromatic carbocycles. The van der Waals surface area contributed by atoms with Crippen LogP contribution in [0.15, 0.2) is 60.7 Å². The number of phenols is 2. The van der Waals surface area contributed by atoms with E-state index >= 15 is 0 Å². The van der Waals surface area contributed by atoms with Crippen LogP contribution < -0.4 is 9.47 Å². The fraction of sp³-hybridized carbons (Fsp3) is 0.333. The van der Waals surface area contributed by atoms with Crippen molar-refractivity contribution in [2.75, 3.05) is 19.7 Å². The minimum atomic E-state index is -0.531. The number of ether oxygens (including phenoxy) is 2. The number of allylic oxidation sites excluding steroid dienone is 1. The van der Waals surface area contributed by atoms with E-state index in [9.17, 15) is 14.6 Å². The lowest BCUT2D eigenvalue weighted by Gasteiger charge is -2.31. The van der Waals surface area contributed by atoms with Gasteiger partial charge in [0.2, 0.25) is 0 Å². The van der Waals surface area contributed by atoms with Crippen molar-refractivity contribution in [2.45, 2.75) is 39.3 Å². The summed E-state index contributed by atoms with van der Waals surface area (Å²) in [5, 5.41) is 20.1. The Morgan fingerprint density at radius 2 is 1.83 bits per heavy atom. The Balaban J connectivity index is 1.43. The molecule has 2 aliphatic rings. The Bertz CT molecular complexity index is 1270. The Kier molecular flexibility index (Phi) is 6.63. The van der Waals surface area contributed by atoms with Crippen molar-refractivity contribution in [3.8, 4) is 23.0 Å². The van der Waals surface area contributed by atoms with Crippen molar-refractivity contribution < 1.29 is 24.1 Å². The van der Waals surface area contributed by atoms with Crippen LogP contribution in [0.5, 0.6) is 23.0 Å². The van der Waals surface area contributed by atoms with Crippen LogP contribution in [0.2, 0.25) is 0 Å². The predicted molar refractivity (Wildman–Crippen MR) is 139 cm³/mol. The summed E-state index contributed by atoms with van der Waals surface area (Å²) in [5.74, 6) is 1.59. The number of aromatic hydroxyl groups is 2. The molecule has 5 nitrogen and oxygen atoms in total. The first-order valence-corrected chi connectivity index (χ1v) is 12.5. The second-order valence-corrected chi connectivity index (χ2v) is 10.0. The number of benzene rings is 3. The van der Waals surface area contributed by atoms with Crippen LogP contribution in [0.3, 0.4) is 0 Å². The fourth-order valence-corrected chi connectivity index (χ4v) is 5.20. The predicted octanol–water partition coefficient (Wildman–Crippen LogP) is 6.41. The molecule has 0 saturated carbocycles. The summed E-state index contributed by atoms with van der Waals surface area (Å²) in [4.78, 5) is 2.47. The van der Waals surface area contributed by atoms with Crippen molar-refractivity contribution in [3.63, 3.8) is 0 Å². The molecule has 2 aliphatic heterocycles. The van der Waals surface area contributed by atoms with E-state index in [1.807, 2.05) is 31.2 Å². The van der Waals surface area contributed by atoms with Gasteiger partial charge in [-0.25, -0.2) is 4.39 Å². The first kappa shape index (κ1) is 24.2. The summed E-state index contributed by atoms with van der Waals surface area (Å²) in [5.41, 5.74) is 3.71. The number of nitrogens with zero attached hydrogens (tertiary/aromatic N) is 1. The third kappa shape index (κ3) is 4.91. The minimum Gasteiger partial charge on any atom is -0.508 e. The molecule has 0 aliphatic carbocycles. The summed E-state index contributed by atoms with van der Waals surface area (Å²) in [6, 6.07) is 17.1. The van der Waals surface area contributed by atoms with Crippen LogP contribution in [0, 0.1) is 11.7 Å². The van der Waals surface area contributed by atoms with E-state index in [0.29, 0.717) is 24.0 Å². The number of phenolic OH excluding ortho intramolecular Hbond substituents is 2. The lowest BCUT2D eigenvalue weighted by atomic mass is 9.86. The molecule has 3 atom stereocenters. The van der Waals surface area contributed by atoms with E-state index in [2.05, 4.69) is 18.7 Å². The van der Waals surface area contributed by atoms with Gasteiger partial charge in [-0.1, -0.05) is 19.1 Å². The van der Waals surface area contributed by atoms with E-state index in [1.54, 1.807) is 18.2 Å². The highest BCUT2D eigenvalue weighted by atomic mass is 19.1. The number of hydrogen-bond acceptors (Lipinski definition) is 5. The molecule has 1 fully saturated rings. The summed E-state index contributed by atoms with van der Waals surface area (Å²) in [6.07, 6.45) is 0.712. The third-order valence-electron chi connectivity index (χ3n) is 7.22. The molecule has 188 valence electrons. The summed E-state index contributed by atoms with van der Waals surface area (Å²) < 4.78 is 26.7. The molecule has 1 unspecified atom stereocenters. The monoisotopic (exact) mass is 489 g/mol. The van der Waals surface area contributed by atoms with E-state index in [0.717, 1.165) is 53.1 Å². The van der Waals surface area contributed by atoms with Crippen molar-refractivity contribution in [3.05, 3.63) is 83.2 Å². The molecule has 3 aromatic rings. The van der Waals surface area contributed by atoms with Crippen LogP contribution >= 0.6 is 0 Å². The van der Waals surface area contributed by atoms with Gasteiger partial charge in [0, 0.05) is 29.8 Å². The molecule has 0 amide bonds. The van der Waals surface area contributed by atoms with E-state index in [-0.39, 0.29) is 11.5 Å². The van der Waals surface area contributed by atoms with Gasteiger partial charge in [0.05, 0.1) is 0 Å². The highest BCUT2D eigenvalue weighted by Gasteiger charge is 2.30. The van der Waals surface area contributed by atoms with Crippen molar-refractivity contribution in [1.82, 2.24) is 4.90 Å². The zero-order chi connectivity index (χ0) is 25.4. The van der Waals surface area contributed by atoms with Crippen LogP contribution in [-0.4, -0.2) is 40.9 Å². The summed E-state index contributed by atoms with van der Waals surface area (Å²) in [6.45, 7) is 9.26. The Morgan fingerprint density at radius 3 is 2.53 bits per heavy atom. The quantitative estimate of drug-likeness (QED) is 0.419. The lowest BCUT2D eigenvalue weighted by Crippen LogP contribution is -2.35. The third-order valence-corrected chi connectivity index (χ3v) is 7.22. The number of hydrogen-bond donors (Lipinski definition) is 2. The Hall–Kier alpha value is -3.51. The highest BCUT2D eigenvalue weighted by molar-refractivity contribution is 5.95. The van der Waals surface area contributed by atoms with E-state index in [4.69, 9.17) is 9.47 Å². The van der Waals surface area contributed by atoms with Gasteiger partial charge in [-0.05, 0) is 91.9 Å². The molecule has 0 spiro atoms. The first-order chi connectivity index (χ1) is 17.3.